The van der Waals surface area contributed by atoms with Crippen LogP contribution in [0.1, 0.15) is 42.9 Å². The summed E-state index contributed by atoms with van der Waals surface area (Å²) in [7, 11) is 0. The van der Waals surface area contributed by atoms with E-state index in [1.807, 2.05) is 6.92 Å². The predicted molar refractivity (Wildman–Crippen MR) is 142 cm³/mol. The van der Waals surface area contributed by atoms with Crippen molar-refractivity contribution in [1.29, 1.82) is 0 Å². The summed E-state index contributed by atoms with van der Waals surface area (Å²) in [6.07, 6.45) is -8.96. The van der Waals surface area contributed by atoms with Crippen LogP contribution in [0.15, 0.2) is 72.6 Å². The van der Waals surface area contributed by atoms with E-state index in [0.29, 0.717) is 25.0 Å². The SMILES string of the molecule is CCCC/C(F)=C(\F)c1ccc(-c2ccc(C(F)(F)Oc3cc(F)c(-c4cc(F)c(C(F)(F)F)c(F)c4)c(F)c3)c(F)c2)cc1. The van der Waals surface area contributed by atoms with Crippen molar-refractivity contribution < 1.29 is 57.4 Å². The van der Waals surface area contributed by atoms with Crippen molar-refractivity contribution in [3.63, 3.8) is 0 Å². The highest BCUT2D eigenvalue weighted by Crippen LogP contribution is 2.40. The van der Waals surface area contributed by atoms with Gasteiger partial charge >= 0.3 is 12.3 Å². The number of hydrogen-bond acceptors (Lipinski definition) is 1. The molecule has 0 aromatic heterocycles. The summed E-state index contributed by atoms with van der Waals surface area (Å²) in [6, 6.07) is 7.82. The van der Waals surface area contributed by atoms with Gasteiger partial charge in [0.2, 0.25) is 0 Å². The minimum Gasteiger partial charge on any atom is -0.429 e. The fourth-order valence-corrected chi connectivity index (χ4v) is 4.41. The number of unbranched alkanes of at least 4 members (excludes halogenated alkanes) is 1. The standard InChI is InChI=1S/C32H20F12O/c1-2-3-4-22(33)30(39)17-7-5-16(6-8-17)18-9-10-21(23(34)11-18)32(43,44)45-20-14-24(35)28(25(36)15-20)19-12-26(37)29(27(38)13-19)31(40,41)42/h5-15H,2-4H2,1H3/b30-22+. The largest absolute Gasteiger partial charge is 0.429 e. The van der Waals surface area contributed by atoms with Gasteiger partial charge in [-0.05, 0) is 47.4 Å². The van der Waals surface area contributed by atoms with Gasteiger partial charge in [0.15, 0.2) is 5.83 Å². The normalized spacial score (nSPS) is 12.7. The lowest BCUT2D eigenvalue weighted by Crippen LogP contribution is -2.23. The van der Waals surface area contributed by atoms with E-state index in [1.54, 1.807) is 0 Å². The topological polar surface area (TPSA) is 9.23 Å². The van der Waals surface area contributed by atoms with Crippen molar-refractivity contribution in [3.05, 3.63) is 118 Å². The molecule has 0 fully saturated rings. The Kier molecular flexibility index (Phi) is 9.59. The van der Waals surface area contributed by atoms with Crippen LogP contribution in [0.5, 0.6) is 5.75 Å². The van der Waals surface area contributed by atoms with E-state index in [2.05, 4.69) is 4.74 Å². The van der Waals surface area contributed by atoms with Crippen LogP contribution in [-0.2, 0) is 12.3 Å². The Bertz CT molecular complexity index is 1690. The van der Waals surface area contributed by atoms with Gasteiger partial charge in [-0.15, -0.1) is 0 Å². The van der Waals surface area contributed by atoms with Crippen LogP contribution < -0.4 is 4.74 Å². The van der Waals surface area contributed by atoms with Gasteiger partial charge in [0.05, 0.1) is 11.1 Å². The zero-order valence-electron chi connectivity index (χ0n) is 22.9. The van der Waals surface area contributed by atoms with Crippen molar-refractivity contribution in [3.8, 4) is 28.0 Å². The highest BCUT2D eigenvalue weighted by Gasteiger charge is 2.40. The monoisotopic (exact) mass is 648 g/mol. The van der Waals surface area contributed by atoms with E-state index in [9.17, 15) is 52.7 Å². The van der Waals surface area contributed by atoms with Crippen LogP contribution in [0.2, 0.25) is 0 Å². The average molecular weight is 648 g/mol. The van der Waals surface area contributed by atoms with Gasteiger partial charge in [-0.2, -0.15) is 22.0 Å². The molecule has 0 amide bonds. The van der Waals surface area contributed by atoms with Crippen molar-refractivity contribution in [2.45, 2.75) is 38.5 Å². The molecular weight excluding hydrogens is 628 g/mol. The first-order chi connectivity index (χ1) is 21.0. The average Bonchev–Trinajstić information content (AvgIpc) is 2.93. The number of benzene rings is 4. The highest BCUT2D eigenvalue weighted by atomic mass is 19.4. The first kappa shape index (κ1) is 33.5. The molecule has 0 unspecified atom stereocenters. The second-order valence-electron chi connectivity index (χ2n) is 9.79. The van der Waals surface area contributed by atoms with Gasteiger partial charge in [-0.25, -0.2) is 30.7 Å². The summed E-state index contributed by atoms with van der Waals surface area (Å²) >= 11 is 0. The Morgan fingerprint density at radius 2 is 1.18 bits per heavy atom. The summed E-state index contributed by atoms with van der Waals surface area (Å²) in [6.45, 7) is 1.81. The van der Waals surface area contributed by atoms with Gasteiger partial charge in [0.1, 0.15) is 46.2 Å². The van der Waals surface area contributed by atoms with Crippen molar-refractivity contribution in [1.82, 2.24) is 0 Å². The summed E-state index contributed by atoms with van der Waals surface area (Å²) in [5.74, 6) is -12.5. The first-order valence-corrected chi connectivity index (χ1v) is 13.1. The van der Waals surface area contributed by atoms with Crippen LogP contribution in [0.4, 0.5) is 52.7 Å². The molecule has 0 aliphatic rings. The summed E-state index contributed by atoms with van der Waals surface area (Å²) in [4.78, 5) is 0. The maximum Gasteiger partial charge on any atom is 0.429 e. The van der Waals surface area contributed by atoms with Gasteiger partial charge in [0.25, 0.3) is 0 Å². The Hall–Kier alpha value is -4.42. The van der Waals surface area contributed by atoms with E-state index in [-0.39, 0.29) is 47.4 Å². The lowest BCUT2D eigenvalue weighted by atomic mass is 10.0. The van der Waals surface area contributed by atoms with Gasteiger partial charge < -0.3 is 4.74 Å². The van der Waals surface area contributed by atoms with Crippen molar-refractivity contribution in [2.75, 3.05) is 0 Å². The molecule has 4 aromatic carbocycles. The number of allylic oxidation sites excluding steroid dienone is 1. The Balaban J connectivity index is 1.57. The Morgan fingerprint density at radius 3 is 1.69 bits per heavy atom. The molecule has 1 nitrogen and oxygen atoms in total. The molecule has 45 heavy (non-hydrogen) atoms. The zero-order valence-corrected chi connectivity index (χ0v) is 22.9. The van der Waals surface area contributed by atoms with E-state index >= 15 is 0 Å². The molecule has 0 radical (unpaired) electrons. The molecule has 0 spiro atoms. The Labute approximate surface area is 248 Å². The highest BCUT2D eigenvalue weighted by molar-refractivity contribution is 5.69. The van der Waals surface area contributed by atoms with Crippen LogP contribution in [0.25, 0.3) is 28.1 Å². The molecule has 4 aromatic rings. The maximum absolute atomic E-state index is 14.9. The molecule has 0 N–H and O–H groups in total. The smallest absolute Gasteiger partial charge is 0.429 e. The summed E-state index contributed by atoms with van der Waals surface area (Å²) in [5.41, 5.74) is -5.65. The summed E-state index contributed by atoms with van der Waals surface area (Å²) < 4.78 is 173. The van der Waals surface area contributed by atoms with Crippen LogP contribution in [0, 0.1) is 29.1 Å². The molecule has 4 rings (SSSR count). The third kappa shape index (κ3) is 7.29. The molecule has 0 bridgehead atoms. The van der Waals surface area contributed by atoms with Crippen LogP contribution in [-0.4, -0.2) is 0 Å². The molecule has 0 atom stereocenters. The van der Waals surface area contributed by atoms with Crippen LogP contribution >= 0.6 is 0 Å². The van der Waals surface area contributed by atoms with E-state index in [0.717, 1.165) is 6.07 Å². The molecular formula is C32H20F12O. The quantitative estimate of drug-likeness (QED) is 0.164. The lowest BCUT2D eigenvalue weighted by Gasteiger charge is -2.20. The predicted octanol–water partition coefficient (Wildman–Crippen LogP) is 11.7. The second-order valence-corrected chi connectivity index (χ2v) is 9.79. The summed E-state index contributed by atoms with van der Waals surface area (Å²) in [5, 5.41) is 0. The molecule has 0 heterocycles. The fourth-order valence-electron chi connectivity index (χ4n) is 4.41. The molecule has 238 valence electrons. The Morgan fingerprint density at radius 1 is 0.644 bits per heavy atom. The first-order valence-electron chi connectivity index (χ1n) is 13.1. The minimum absolute atomic E-state index is 0.0199. The van der Waals surface area contributed by atoms with Gasteiger partial charge in [-0.3, -0.25) is 0 Å². The number of rotatable bonds is 9. The zero-order chi connectivity index (χ0) is 33.3. The maximum atomic E-state index is 14.9. The van der Waals surface area contributed by atoms with Crippen LogP contribution in [0.3, 0.4) is 0 Å². The third-order valence-electron chi connectivity index (χ3n) is 6.62. The minimum atomic E-state index is -5.45. The van der Waals surface area contributed by atoms with Gasteiger partial charge in [0, 0.05) is 24.1 Å². The van der Waals surface area contributed by atoms with Gasteiger partial charge in [-0.1, -0.05) is 43.7 Å². The molecule has 0 aliphatic carbocycles. The van der Waals surface area contributed by atoms with Crippen molar-refractivity contribution >= 4 is 5.83 Å². The lowest BCUT2D eigenvalue weighted by molar-refractivity contribution is -0.187. The van der Waals surface area contributed by atoms with Crippen molar-refractivity contribution in [2.24, 2.45) is 0 Å². The fraction of sp³-hybridized carbons (Fsp3) is 0.188. The van der Waals surface area contributed by atoms with E-state index in [1.165, 1.54) is 24.3 Å². The second kappa shape index (κ2) is 12.9. The number of ether oxygens (including phenoxy) is 1. The molecule has 0 saturated carbocycles. The van der Waals surface area contributed by atoms with E-state index < -0.39 is 81.0 Å². The number of hydrogen-bond donors (Lipinski definition) is 0. The molecule has 0 saturated heterocycles. The molecule has 13 heteroatoms. The number of halogens is 12. The molecule has 0 aliphatic heterocycles. The van der Waals surface area contributed by atoms with E-state index in [4.69, 9.17) is 0 Å². The number of alkyl halides is 5. The third-order valence-corrected chi connectivity index (χ3v) is 6.62.